The van der Waals surface area contributed by atoms with Crippen LogP contribution in [0.1, 0.15) is 42.9 Å². The fourth-order valence-corrected chi connectivity index (χ4v) is 3.24. The molecule has 88 valence electrons. The van der Waals surface area contributed by atoms with Crippen LogP contribution in [0.5, 0.6) is 0 Å². The molecule has 0 saturated carbocycles. The third-order valence-corrected chi connectivity index (χ3v) is 4.18. The SMILES string of the molecule is CC1CC[C@H](N)c2cc(Cl)c3ccccc3c21. The zero-order valence-corrected chi connectivity index (χ0v) is 10.7. The van der Waals surface area contributed by atoms with Crippen molar-refractivity contribution in [3.8, 4) is 0 Å². The van der Waals surface area contributed by atoms with Gasteiger partial charge in [0.15, 0.2) is 0 Å². The molecular weight excluding hydrogens is 230 g/mol. The Morgan fingerprint density at radius 2 is 1.88 bits per heavy atom. The second kappa shape index (κ2) is 4.01. The van der Waals surface area contributed by atoms with E-state index in [1.54, 1.807) is 0 Å². The molecule has 3 rings (SSSR count). The van der Waals surface area contributed by atoms with Crippen molar-refractivity contribution in [3.63, 3.8) is 0 Å². The molecule has 2 atom stereocenters. The first-order valence-electron chi connectivity index (χ1n) is 6.15. The van der Waals surface area contributed by atoms with E-state index in [0.29, 0.717) is 5.92 Å². The fourth-order valence-electron chi connectivity index (χ4n) is 2.96. The lowest BCUT2D eigenvalue weighted by atomic mass is 9.79. The first kappa shape index (κ1) is 11.1. The van der Waals surface area contributed by atoms with E-state index in [9.17, 15) is 0 Å². The Bertz CT molecular complexity index is 576. The lowest BCUT2D eigenvalue weighted by molar-refractivity contribution is 0.517. The van der Waals surface area contributed by atoms with Crippen LogP contribution in [0, 0.1) is 0 Å². The maximum atomic E-state index is 6.35. The third kappa shape index (κ3) is 1.65. The Labute approximate surface area is 107 Å². The summed E-state index contributed by atoms with van der Waals surface area (Å²) in [6, 6.07) is 10.6. The van der Waals surface area contributed by atoms with Gasteiger partial charge in [0, 0.05) is 16.5 Å². The molecule has 1 unspecified atom stereocenters. The van der Waals surface area contributed by atoms with Gasteiger partial charge in [-0.1, -0.05) is 42.8 Å². The average Bonchev–Trinajstić information content (AvgIpc) is 2.34. The summed E-state index contributed by atoms with van der Waals surface area (Å²) in [6.45, 7) is 2.28. The zero-order chi connectivity index (χ0) is 12.0. The smallest absolute Gasteiger partial charge is 0.0487 e. The Hall–Kier alpha value is -1.05. The van der Waals surface area contributed by atoms with Crippen LogP contribution in [0.25, 0.3) is 10.8 Å². The molecule has 0 heterocycles. The van der Waals surface area contributed by atoms with Crippen LogP contribution < -0.4 is 5.73 Å². The average molecular weight is 246 g/mol. The molecule has 17 heavy (non-hydrogen) atoms. The molecule has 0 aromatic heterocycles. The summed E-state index contributed by atoms with van der Waals surface area (Å²) >= 11 is 6.35. The minimum Gasteiger partial charge on any atom is -0.324 e. The molecule has 0 saturated heterocycles. The second-order valence-electron chi connectivity index (χ2n) is 4.99. The quantitative estimate of drug-likeness (QED) is 0.732. The third-order valence-electron chi connectivity index (χ3n) is 3.87. The van der Waals surface area contributed by atoms with E-state index in [2.05, 4.69) is 31.2 Å². The summed E-state index contributed by atoms with van der Waals surface area (Å²) in [5.41, 5.74) is 8.86. The first-order chi connectivity index (χ1) is 8.18. The largest absolute Gasteiger partial charge is 0.324 e. The van der Waals surface area contributed by atoms with Gasteiger partial charge in [-0.3, -0.25) is 0 Å². The normalized spacial score (nSPS) is 23.7. The summed E-state index contributed by atoms with van der Waals surface area (Å²) < 4.78 is 0. The van der Waals surface area contributed by atoms with E-state index in [1.807, 2.05) is 6.07 Å². The predicted molar refractivity (Wildman–Crippen MR) is 73.5 cm³/mol. The minimum absolute atomic E-state index is 0.142. The Kier molecular flexibility index (Phi) is 2.61. The van der Waals surface area contributed by atoms with Gasteiger partial charge < -0.3 is 5.73 Å². The van der Waals surface area contributed by atoms with Gasteiger partial charge in [-0.05, 0) is 41.3 Å². The fraction of sp³-hybridized carbons (Fsp3) is 0.333. The van der Waals surface area contributed by atoms with E-state index in [0.717, 1.165) is 16.8 Å². The van der Waals surface area contributed by atoms with Crippen molar-refractivity contribution in [2.75, 3.05) is 0 Å². The van der Waals surface area contributed by atoms with Gasteiger partial charge in [0.2, 0.25) is 0 Å². The van der Waals surface area contributed by atoms with Gasteiger partial charge in [-0.25, -0.2) is 0 Å². The van der Waals surface area contributed by atoms with Crippen molar-refractivity contribution >= 4 is 22.4 Å². The highest BCUT2D eigenvalue weighted by atomic mass is 35.5. The summed E-state index contributed by atoms with van der Waals surface area (Å²) in [7, 11) is 0. The molecule has 0 fully saturated rings. The highest BCUT2D eigenvalue weighted by Crippen LogP contribution is 2.42. The summed E-state index contributed by atoms with van der Waals surface area (Å²) in [6.07, 6.45) is 2.22. The van der Waals surface area contributed by atoms with E-state index in [1.165, 1.54) is 22.9 Å². The topological polar surface area (TPSA) is 26.0 Å². The Morgan fingerprint density at radius 1 is 1.18 bits per heavy atom. The summed E-state index contributed by atoms with van der Waals surface area (Å²) in [5.74, 6) is 0.576. The van der Waals surface area contributed by atoms with Crippen LogP contribution in [-0.4, -0.2) is 0 Å². The molecule has 1 nitrogen and oxygen atoms in total. The molecule has 1 aliphatic carbocycles. The minimum atomic E-state index is 0.142. The molecule has 0 radical (unpaired) electrons. The van der Waals surface area contributed by atoms with Gasteiger partial charge in [0.1, 0.15) is 0 Å². The number of fused-ring (bicyclic) bond motifs is 3. The van der Waals surface area contributed by atoms with Gasteiger partial charge >= 0.3 is 0 Å². The van der Waals surface area contributed by atoms with Crippen molar-refractivity contribution in [3.05, 3.63) is 46.5 Å². The monoisotopic (exact) mass is 245 g/mol. The maximum absolute atomic E-state index is 6.35. The number of nitrogens with two attached hydrogens (primary N) is 1. The number of rotatable bonds is 0. The van der Waals surface area contributed by atoms with Crippen molar-refractivity contribution in [1.82, 2.24) is 0 Å². The van der Waals surface area contributed by atoms with E-state index in [-0.39, 0.29) is 6.04 Å². The zero-order valence-electron chi connectivity index (χ0n) is 9.91. The molecule has 2 aromatic rings. The van der Waals surface area contributed by atoms with Crippen molar-refractivity contribution < 1.29 is 0 Å². The van der Waals surface area contributed by atoms with Gasteiger partial charge in [0.25, 0.3) is 0 Å². The van der Waals surface area contributed by atoms with Crippen LogP contribution in [-0.2, 0) is 0 Å². The van der Waals surface area contributed by atoms with E-state index in [4.69, 9.17) is 17.3 Å². The van der Waals surface area contributed by atoms with Crippen molar-refractivity contribution in [1.29, 1.82) is 0 Å². The summed E-state index contributed by atoms with van der Waals surface area (Å²) in [4.78, 5) is 0. The second-order valence-corrected chi connectivity index (χ2v) is 5.40. The van der Waals surface area contributed by atoms with Gasteiger partial charge in [-0.2, -0.15) is 0 Å². The van der Waals surface area contributed by atoms with E-state index < -0.39 is 0 Å². The maximum Gasteiger partial charge on any atom is 0.0487 e. The van der Waals surface area contributed by atoms with Crippen LogP contribution >= 0.6 is 11.6 Å². The van der Waals surface area contributed by atoms with Gasteiger partial charge in [-0.15, -0.1) is 0 Å². The molecule has 0 bridgehead atoms. The molecule has 2 N–H and O–H groups in total. The molecule has 0 aliphatic heterocycles. The van der Waals surface area contributed by atoms with Crippen molar-refractivity contribution in [2.24, 2.45) is 5.73 Å². The van der Waals surface area contributed by atoms with Crippen LogP contribution in [0.4, 0.5) is 0 Å². The standard InChI is InChI=1S/C15H16ClN/c1-9-6-7-14(17)12-8-13(16)10-4-2-3-5-11(10)15(9)12/h2-5,8-9,14H,6-7,17H2,1H3/t9?,14-/m0/s1. The first-order valence-corrected chi connectivity index (χ1v) is 6.53. The number of benzene rings is 2. The molecule has 2 aromatic carbocycles. The van der Waals surface area contributed by atoms with Gasteiger partial charge in [0.05, 0.1) is 0 Å². The Morgan fingerprint density at radius 3 is 2.65 bits per heavy atom. The van der Waals surface area contributed by atoms with E-state index >= 15 is 0 Å². The lowest BCUT2D eigenvalue weighted by Crippen LogP contribution is -2.19. The highest BCUT2D eigenvalue weighted by molar-refractivity contribution is 6.35. The number of halogens is 1. The summed E-state index contributed by atoms with van der Waals surface area (Å²) in [5, 5.41) is 3.25. The number of hydrogen-bond acceptors (Lipinski definition) is 1. The molecule has 1 aliphatic rings. The van der Waals surface area contributed by atoms with Crippen LogP contribution in [0.3, 0.4) is 0 Å². The Balaban J connectivity index is 2.41. The van der Waals surface area contributed by atoms with Crippen LogP contribution in [0.2, 0.25) is 5.02 Å². The molecule has 2 heteroatoms. The molecule has 0 amide bonds. The highest BCUT2D eigenvalue weighted by Gasteiger charge is 2.25. The molecular formula is C15H16ClN. The van der Waals surface area contributed by atoms with Crippen molar-refractivity contribution in [2.45, 2.75) is 31.7 Å². The number of hydrogen-bond donors (Lipinski definition) is 1. The van der Waals surface area contributed by atoms with Crippen LogP contribution in [0.15, 0.2) is 30.3 Å². The lowest BCUT2D eigenvalue weighted by Gasteiger charge is -2.29. The predicted octanol–water partition coefficient (Wildman–Crippen LogP) is 4.39. The molecule has 0 spiro atoms.